The number of aliphatic hydroxyl groups is 1. The molecule has 0 aliphatic rings. The average molecular weight is 391 g/mol. The monoisotopic (exact) mass is 390 g/mol. The van der Waals surface area contributed by atoms with Crippen LogP contribution in [0.2, 0.25) is 5.02 Å². The van der Waals surface area contributed by atoms with E-state index in [1.807, 2.05) is 24.3 Å². The highest BCUT2D eigenvalue weighted by Gasteiger charge is 2.24. The standard InChI is InChI=1S/C15H13ClFIO/c1-15(19,11-3-6-13(18)7-4-11)9-10-2-5-12(17)8-14(10)16/h2-8,19H,9H2,1H3. The molecule has 1 nitrogen and oxygen atoms in total. The molecule has 0 saturated carbocycles. The van der Waals surface area contributed by atoms with Crippen molar-refractivity contribution in [2.45, 2.75) is 18.9 Å². The summed E-state index contributed by atoms with van der Waals surface area (Å²) in [6.07, 6.45) is 0.340. The van der Waals surface area contributed by atoms with E-state index in [0.29, 0.717) is 11.4 Å². The smallest absolute Gasteiger partial charge is 0.124 e. The molecule has 1 N–H and O–H groups in total. The Morgan fingerprint density at radius 3 is 2.42 bits per heavy atom. The molecule has 0 heterocycles. The normalized spacial score (nSPS) is 14.2. The summed E-state index contributed by atoms with van der Waals surface area (Å²) in [5.74, 6) is -0.373. The van der Waals surface area contributed by atoms with Gasteiger partial charge in [0.05, 0.1) is 5.60 Å². The lowest BCUT2D eigenvalue weighted by molar-refractivity contribution is 0.0576. The van der Waals surface area contributed by atoms with Crippen LogP contribution in [-0.2, 0) is 12.0 Å². The number of rotatable bonds is 3. The van der Waals surface area contributed by atoms with E-state index in [1.165, 1.54) is 12.1 Å². The Bertz CT molecular complexity index is 581. The van der Waals surface area contributed by atoms with Crippen molar-refractivity contribution in [2.75, 3.05) is 0 Å². The summed E-state index contributed by atoms with van der Waals surface area (Å²) in [6.45, 7) is 1.73. The first kappa shape index (κ1) is 14.8. The Morgan fingerprint density at radius 2 is 1.84 bits per heavy atom. The van der Waals surface area contributed by atoms with Gasteiger partial charge in [-0.15, -0.1) is 0 Å². The van der Waals surface area contributed by atoms with Gasteiger partial charge in [-0.2, -0.15) is 0 Å². The maximum Gasteiger partial charge on any atom is 0.124 e. The summed E-state index contributed by atoms with van der Waals surface area (Å²) in [6, 6.07) is 11.9. The molecule has 0 aliphatic carbocycles. The van der Waals surface area contributed by atoms with Crippen LogP contribution in [0.15, 0.2) is 42.5 Å². The maximum absolute atomic E-state index is 13.0. The molecule has 100 valence electrons. The van der Waals surface area contributed by atoms with Crippen molar-refractivity contribution in [1.82, 2.24) is 0 Å². The lowest BCUT2D eigenvalue weighted by atomic mass is 9.89. The zero-order chi connectivity index (χ0) is 14.0. The zero-order valence-corrected chi connectivity index (χ0v) is 13.2. The summed E-state index contributed by atoms with van der Waals surface area (Å²) < 4.78 is 14.1. The molecule has 1 atom stereocenters. The zero-order valence-electron chi connectivity index (χ0n) is 10.3. The van der Waals surface area contributed by atoms with Gasteiger partial charge in [-0.1, -0.05) is 29.8 Å². The number of hydrogen-bond acceptors (Lipinski definition) is 1. The second-order valence-electron chi connectivity index (χ2n) is 4.69. The van der Waals surface area contributed by atoms with Crippen molar-refractivity contribution >= 4 is 34.2 Å². The van der Waals surface area contributed by atoms with Crippen LogP contribution in [0.3, 0.4) is 0 Å². The third-order valence-corrected chi connectivity index (χ3v) is 4.09. The second kappa shape index (κ2) is 5.77. The third-order valence-electron chi connectivity index (χ3n) is 3.02. The number of benzene rings is 2. The van der Waals surface area contributed by atoms with Crippen molar-refractivity contribution in [1.29, 1.82) is 0 Å². The largest absolute Gasteiger partial charge is 0.385 e. The molecular weight excluding hydrogens is 378 g/mol. The van der Waals surface area contributed by atoms with E-state index in [4.69, 9.17) is 11.6 Å². The predicted molar refractivity (Wildman–Crippen MR) is 83.8 cm³/mol. The van der Waals surface area contributed by atoms with Gasteiger partial charge in [-0.05, 0) is 64.9 Å². The Labute approximate surface area is 130 Å². The van der Waals surface area contributed by atoms with E-state index < -0.39 is 5.60 Å². The predicted octanol–water partition coefficient (Wildman–Crippen LogP) is 4.53. The lowest BCUT2D eigenvalue weighted by Gasteiger charge is -2.24. The molecule has 0 radical (unpaired) electrons. The van der Waals surface area contributed by atoms with E-state index in [-0.39, 0.29) is 5.82 Å². The molecule has 19 heavy (non-hydrogen) atoms. The van der Waals surface area contributed by atoms with Crippen LogP contribution in [0.25, 0.3) is 0 Å². The van der Waals surface area contributed by atoms with Crippen LogP contribution in [-0.4, -0.2) is 5.11 Å². The minimum Gasteiger partial charge on any atom is -0.385 e. The van der Waals surface area contributed by atoms with Gasteiger partial charge in [0.1, 0.15) is 5.82 Å². The molecule has 2 aromatic rings. The fourth-order valence-corrected chi connectivity index (χ4v) is 2.54. The summed E-state index contributed by atoms with van der Waals surface area (Å²) in [4.78, 5) is 0. The Morgan fingerprint density at radius 1 is 1.21 bits per heavy atom. The van der Waals surface area contributed by atoms with Crippen LogP contribution >= 0.6 is 34.2 Å². The summed E-state index contributed by atoms with van der Waals surface area (Å²) >= 11 is 8.21. The van der Waals surface area contributed by atoms with Crippen LogP contribution in [0, 0.1) is 9.39 Å². The first-order chi connectivity index (χ1) is 8.88. The summed E-state index contributed by atoms with van der Waals surface area (Å²) in [7, 11) is 0. The van der Waals surface area contributed by atoms with Crippen LogP contribution in [0.5, 0.6) is 0 Å². The highest BCUT2D eigenvalue weighted by atomic mass is 127. The lowest BCUT2D eigenvalue weighted by Crippen LogP contribution is -2.24. The molecule has 2 aromatic carbocycles. The van der Waals surface area contributed by atoms with Crippen LogP contribution in [0.1, 0.15) is 18.1 Å². The van der Waals surface area contributed by atoms with Crippen molar-refractivity contribution < 1.29 is 9.50 Å². The Balaban J connectivity index is 2.27. The molecule has 0 spiro atoms. The van der Waals surface area contributed by atoms with Gasteiger partial charge < -0.3 is 5.11 Å². The second-order valence-corrected chi connectivity index (χ2v) is 6.35. The van der Waals surface area contributed by atoms with Crippen LogP contribution in [0.4, 0.5) is 4.39 Å². The minimum absolute atomic E-state index is 0.339. The summed E-state index contributed by atoms with van der Waals surface area (Å²) in [5.41, 5.74) is 0.506. The van der Waals surface area contributed by atoms with Gasteiger partial charge in [0.2, 0.25) is 0 Å². The fraction of sp³-hybridized carbons (Fsp3) is 0.200. The maximum atomic E-state index is 13.0. The van der Waals surface area contributed by atoms with Gasteiger partial charge in [0, 0.05) is 15.0 Å². The Hall–Kier alpha value is -0.650. The average Bonchev–Trinajstić information content (AvgIpc) is 2.33. The van der Waals surface area contributed by atoms with Gasteiger partial charge in [-0.3, -0.25) is 0 Å². The van der Waals surface area contributed by atoms with E-state index in [9.17, 15) is 9.50 Å². The molecule has 0 aliphatic heterocycles. The van der Waals surface area contributed by atoms with Gasteiger partial charge in [0.15, 0.2) is 0 Å². The first-order valence-electron chi connectivity index (χ1n) is 5.81. The van der Waals surface area contributed by atoms with Crippen molar-refractivity contribution in [3.05, 3.63) is 68.0 Å². The van der Waals surface area contributed by atoms with E-state index in [2.05, 4.69) is 22.6 Å². The molecule has 2 rings (SSSR count). The highest BCUT2D eigenvalue weighted by Crippen LogP contribution is 2.29. The molecule has 0 amide bonds. The molecule has 0 bridgehead atoms. The molecule has 0 aromatic heterocycles. The van der Waals surface area contributed by atoms with E-state index >= 15 is 0 Å². The molecule has 4 heteroatoms. The van der Waals surface area contributed by atoms with Crippen molar-refractivity contribution in [3.8, 4) is 0 Å². The van der Waals surface area contributed by atoms with Crippen LogP contribution < -0.4 is 0 Å². The van der Waals surface area contributed by atoms with Gasteiger partial charge in [0.25, 0.3) is 0 Å². The topological polar surface area (TPSA) is 20.2 Å². The SMILES string of the molecule is CC(O)(Cc1ccc(F)cc1Cl)c1ccc(I)cc1. The molecule has 0 fully saturated rings. The summed E-state index contributed by atoms with van der Waals surface area (Å²) in [5, 5.41) is 10.9. The Kier molecular flexibility index (Phi) is 4.48. The van der Waals surface area contributed by atoms with Crippen molar-refractivity contribution in [2.24, 2.45) is 0 Å². The van der Waals surface area contributed by atoms with Gasteiger partial charge in [-0.25, -0.2) is 4.39 Å². The molecule has 1 unspecified atom stereocenters. The third kappa shape index (κ3) is 3.68. The quantitative estimate of drug-likeness (QED) is 0.763. The molecular formula is C15H13ClFIO. The number of halogens is 3. The highest BCUT2D eigenvalue weighted by molar-refractivity contribution is 14.1. The van der Waals surface area contributed by atoms with Gasteiger partial charge >= 0.3 is 0 Å². The number of hydrogen-bond donors (Lipinski definition) is 1. The molecule has 0 saturated heterocycles. The van der Waals surface area contributed by atoms with E-state index in [0.717, 1.165) is 14.7 Å². The first-order valence-corrected chi connectivity index (χ1v) is 7.26. The fourth-order valence-electron chi connectivity index (χ4n) is 1.95. The van der Waals surface area contributed by atoms with E-state index in [1.54, 1.807) is 13.0 Å². The van der Waals surface area contributed by atoms with Crippen molar-refractivity contribution in [3.63, 3.8) is 0 Å². The minimum atomic E-state index is -1.04.